The molecule has 0 radical (unpaired) electrons. The van der Waals surface area contributed by atoms with Crippen LogP contribution in [0.15, 0.2) is 24.7 Å². The number of carbonyl (C=O) groups excluding carboxylic acids is 2. The number of hydrogen-bond acceptors (Lipinski definition) is 3. The van der Waals surface area contributed by atoms with Crippen molar-refractivity contribution >= 4 is 11.8 Å². The third-order valence-corrected chi connectivity index (χ3v) is 5.01. The second kappa shape index (κ2) is 7.13. The summed E-state index contributed by atoms with van der Waals surface area (Å²) in [6.07, 6.45) is 7.59. The smallest absolute Gasteiger partial charge is 0.253 e. The summed E-state index contributed by atoms with van der Waals surface area (Å²) in [5, 5.41) is 7.28. The van der Waals surface area contributed by atoms with Crippen molar-refractivity contribution in [3.63, 3.8) is 0 Å². The van der Waals surface area contributed by atoms with Crippen LogP contribution < -0.4 is 5.32 Å². The molecule has 2 aromatic rings. The molecule has 0 spiro atoms. The van der Waals surface area contributed by atoms with Crippen LogP contribution in [0.1, 0.15) is 47.4 Å². The molecule has 0 aromatic carbocycles. The van der Waals surface area contributed by atoms with Gasteiger partial charge in [-0.25, -0.2) is 0 Å². The molecule has 0 aliphatic carbocycles. The lowest BCUT2D eigenvalue weighted by molar-refractivity contribution is -0.136. The summed E-state index contributed by atoms with van der Waals surface area (Å²) in [7, 11) is 3.69. The van der Waals surface area contributed by atoms with E-state index in [1.807, 2.05) is 33.3 Å². The van der Waals surface area contributed by atoms with Crippen molar-refractivity contribution in [2.24, 2.45) is 13.0 Å². The summed E-state index contributed by atoms with van der Waals surface area (Å²) in [5.74, 6) is 0.234. The van der Waals surface area contributed by atoms with E-state index < -0.39 is 0 Å². The summed E-state index contributed by atoms with van der Waals surface area (Å²) in [4.78, 5) is 29.5. The van der Waals surface area contributed by atoms with E-state index in [1.54, 1.807) is 22.0 Å². The number of H-pyrrole nitrogens is 1. The SMILES string of the molecule is CCc1[nH]ccc1C(=O)NC[C@H]1CCC(=O)N(C)[C@@H]1c1cnn(C)c1. The van der Waals surface area contributed by atoms with E-state index in [1.165, 1.54) is 0 Å². The summed E-state index contributed by atoms with van der Waals surface area (Å²) in [6, 6.07) is 1.75. The van der Waals surface area contributed by atoms with Gasteiger partial charge in [-0.15, -0.1) is 0 Å². The highest BCUT2D eigenvalue weighted by Crippen LogP contribution is 2.35. The van der Waals surface area contributed by atoms with Gasteiger partial charge < -0.3 is 15.2 Å². The van der Waals surface area contributed by atoms with Gasteiger partial charge in [0.05, 0.1) is 17.8 Å². The van der Waals surface area contributed by atoms with Crippen LogP contribution >= 0.6 is 0 Å². The molecular weight excluding hydrogens is 318 g/mol. The average Bonchev–Trinajstić information content (AvgIpc) is 3.24. The first-order valence-corrected chi connectivity index (χ1v) is 8.70. The van der Waals surface area contributed by atoms with Gasteiger partial charge in [0.2, 0.25) is 5.91 Å². The molecule has 0 unspecified atom stereocenters. The van der Waals surface area contributed by atoms with Crippen molar-refractivity contribution in [1.82, 2.24) is 25.0 Å². The lowest BCUT2D eigenvalue weighted by Gasteiger charge is -2.38. The fraction of sp³-hybridized carbons (Fsp3) is 0.500. The standard InChI is InChI=1S/C18H25N5O2/c1-4-15-14(7-8-19-15)18(25)20-9-12-5-6-16(24)23(3)17(12)13-10-21-22(2)11-13/h7-8,10-12,17,19H,4-6,9H2,1-3H3,(H,20,25)/t12-,17+/m1/s1. The number of likely N-dealkylation sites (tertiary alicyclic amines) is 1. The molecule has 3 heterocycles. The number of carbonyl (C=O) groups is 2. The van der Waals surface area contributed by atoms with Gasteiger partial charge >= 0.3 is 0 Å². The van der Waals surface area contributed by atoms with Crippen LogP contribution in [-0.4, -0.2) is 45.1 Å². The largest absolute Gasteiger partial charge is 0.364 e. The zero-order valence-corrected chi connectivity index (χ0v) is 15.0. The first-order valence-electron chi connectivity index (χ1n) is 8.70. The second-order valence-corrected chi connectivity index (χ2v) is 6.63. The third kappa shape index (κ3) is 3.45. The third-order valence-electron chi connectivity index (χ3n) is 5.01. The van der Waals surface area contributed by atoms with Crippen LogP contribution in [0.25, 0.3) is 0 Å². The van der Waals surface area contributed by atoms with Gasteiger partial charge in [0, 0.05) is 56.6 Å². The maximum Gasteiger partial charge on any atom is 0.253 e. The Hall–Kier alpha value is -2.57. The van der Waals surface area contributed by atoms with Crippen molar-refractivity contribution in [3.8, 4) is 0 Å². The fourth-order valence-corrected chi connectivity index (χ4v) is 3.64. The predicted molar refractivity (Wildman–Crippen MR) is 93.9 cm³/mol. The van der Waals surface area contributed by atoms with E-state index in [-0.39, 0.29) is 23.8 Å². The van der Waals surface area contributed by atoms with Gasteiger partial charge in [0.1, 0.15) is 0 Å². The quantitative estimate of drug-likeness (QED) is 0.866. The summed E-state index contributed by atoms with van der Waals surface area (Å²) in [6.45, 7) is 2.55. The molecule has 7 nitrogen and oxygen atoms in total. The first-order chi connectivity index (χ1) is 12.0. The molecule has 3 rings (SSSR count). The highest BCUT2D eigenvalue weighted by molar-refractivity contribution is 5.95. The molecule has 2 aromatic heterocycles. The normalized spacial score (nSPS) is 20.8. The van der Waals surface area contributed by atoms with Crippen LogP contribution in [0, 0.1) is 5.92 Å². The average molecular weight is 343 g/mol. The van der Waals surface area contributed by atoms with E-state index >= 15 is 0 Å². The Morgan fingerprint density at radius 3 is 2.92 bits per heavy atom. The molecule has 1 aliphatic rings. The minimum absolute atomic E-state index is 0.0629. The van der Waals surface area contributed by atoms with E-state index in [0.29, 0.717) is 18.5 Å². The Bertz CT molecular complexity index is 763. The van der Waals surface area contributed by atoms with Crippen LogP contribution in [0.3, 0.4) is 0 Å². The molecule has 1 saturated heterocycles. The lowest BCUT2D eigenvalue weighted by Crippen LogP contribution is -2.44. The molecular formula is C18H25N5O2. The Kier molecular flexibility index (Phi) is 4.92. The number of aryl methyl sites for hydroxylation is 2. The number of rotatable bonds is 5. The van der Waals surface area contributed by atoms with Gasteiger partial charge in [-0.1, -0.05) is 6.92 Å². The number of nitrogens with one attached hydrogen (secondary N) is 2. The van der Waals surface area contributed by atoms with Gasteiger partial charge in [0.25, 0.3) is 5.91 Å². The number of hydrogen-bond donors (Lipinski definition) is 2. The van der Waals surface area contributed by atoms with E-state index in [4.69, 9.17) is 0 Å². The summed E-state index contributed by atoms with van der Waals surface area (Å²) in [5.41, 5.74) is 2.64. The Morgan fingerprint density at radius 2 is 2.24 bits per heavy atom. The van der Waals surface area contributed by atoms with Crippen LogP contribution in [0.5, 0.6) is 0 Å². The minimum atomic E-state index is -0.0670. The molecule has 0 saturated carbocycles. The van der Waals surface area contributed by atoms with Crippen molar-refractivity contribution < 1.29 is 9.59 Å². The van der Waals surface area contributed by atoms with Gasteiger partial charge in [-0.05, 0) is 18.9 Å². The predicted octanol–water partition coefficient (Wildman–Crippen LogP) is 1.65. The number of nitrogens with zero attached hydrogens (tertiary/aromatic N) is 3. The lowest BCUT2D eigenvalue weighted by atomic mass is 9.85. The fourth-order valence-electron chi connectivity index (χ4n) is 3.64. The Morgan fingerprint density at radius 1 is 1.44 bits per heavy atom. The number of aromatic nitrogens is 3. The second-order valence-electron chi connectivity index (χ2n) is 6.63. The maximum absolute atomic E-state index is 12.5. The van der Waals surface area contributed by atoms with Crippen molar-refractivity contribution in [1.29, 1.82) is 0 Å². The Balaban J connectivity index is 1.73. The summed E-state index contributed by atoms with van der Waals surface area (Å²) < 4.78 is 1.74. The highest BCUT2D eigenvalue weighted by atomic mass is 16.2. The molecule has 134 valence electrons. The molecule has 2 N–H and O–H groups in total. The topological polar surface area (TPSA) is 83.0 Å². The molecule has 25 heavy (non-hydrogen) atoms. The molecule has 7 heteroatoms. The minimum Gasteiger partial charge on any atom is -0.364 e. The highest BCUT2D eigenvalue weighted by Gasteiger charge is 2.35. The van der Waals surface area contributed by atoms with Crippen molar-refractivity contribution in [2.75, 3.05) is 13.6 Å². The maximum atomic E-state index is 12.5. The van der Waals surface area contributed by atoms with Gasteiger partial charge in [-0.2, -0.15) is 5.10 Å². The van der Waals surface area contributed by atoms with Crippen LogP contribution in [0.4, 0.5) is 0 Å². The molecule has 2 amide bonds. The van der Waals surface area contributed by atoms with Crippen LogP contribution in [-0.2, 0) is 18.3 Å². The molecule has 1 aliphatic heterocycles. The zero-order chi connectivity index (χ0) is 18.0. The van der Waals surface area contributed by atoms with Gasteiger partial charge in [0.15, 0.2) is 0 Å². The summed E-state index contributed by atoms with van der Waals surface area (Å²) >= 11 is 0. The first kappa shape index (κ1) is 17.3. The molecule has 2 atom stereocenters. The molecule has 0 bridgehead atoms. The van der Waals surface area contributed by atoms with E-state index in [2.05, 4.69) is 15.4 Å². The van der Waals surface area contributed by atoms with E-state index in [0.717, 1.165) is 24.1 Å². The monoisotopic (exact) mass is 343 g/mol. The van der Waals surface area contributed by atoms with Gasteiger partial charge in [-0.3, -0.25) is 14.3 Å². The molecule has 1 fully saturated rings. The van der Waals surface area contributed by atoms with Crippen molar-refractivity contribution in [2.45, 2.75) is 32.2 Å². The number of piperidine rings is 1. The van der Waals surface area contributed by atoms with E-state index in [9.17, 15) is 9.59 Å². The number of amides is 2. The Labute approximate surface area is 147 Å². The number of aromatic amines is 1. The van der Waals surface area contributed by atoms with Crippen LogP contribution in [0.2, 0.25) is 0 Å². The zero-order valence-electron chi connectivity index (χ0n) is 15.0. The van der Waals surface area contributed by atoms with Crippen molar-refractivity contribution in [3.05, 3.63) is 41.5 Å².